The molecule has 6 heteroatoms. The summed E-state index contributed by atoms with van der Waals surface area (Å²) in [6.07, 6.45) is 0. The van der Waals surface area contributed by atoms with Crippen molar-refractivity contribution < 1.29 is 14.4 Å². The van der Waals surface area contributed by atoms with Gasteiger partial charge in [0.15, 0.2) is 8.32 Å². The molecule has 0 aromatic heterocycles. The molecule has 0 radical (unpaired) electrons. The zero-order valence-electron chi connectivity index (χ0n) is 11.4. The van der Waals surface area contributed by atoms with Crippen molar-refractivity contribution in [3.63, 3.8) is 0 Å². The highest BCUT2D eigenvalue weighted by Gasteiger charge is 2.37. The van der Waals surface area contributed by atoms with Crippen molar-refractivity contribution in [2.45, 2.75) is 39.3 Å². The summed E-state index contributed by atoms with van der Waals surface area (Å²) in [4.78, 5) is 15.4. The van der Waals surface area contributed by atoms with Crippen molar-refractivity contribution in [1.82, 2.24) is 0 Å². The van der Waals surface area contributed by atoms with E-state index < -0.39 is 19.2 Å². The average molecular weight is 269 g/mol. The SMILES string of the molecule is Cc1ccc(C(C)(O[N+](=O)[O-])O[Si](C)(C)C)cc1. The lowest BCUT2D eigenvalue weighted by Gasteiger charge is -2.34. The topological polar surface area (TPSA) is 61.6 Å². The number of rotatable bonds is 5. The van der Waals surface area contributed by atoms with Gasteiger partial charge in [0.25, 0.3) is 5.09 Å². The van der Waals surface area contributed by atoms with Crippen molar-refractivity contribution in [3.05, 3.63) is 45.5 Å². The van der Waals surface area contributed by atoms with Gasteiger partial charge in [-0.15, -0.1) is 10.1 Å². The predicted molar refractivity (Wildman–Crippen MR) is 71.0 cm³/mol. The number of nitrogens with zero attached hydrogens (tertiary/aromatic N) is 1. The minimum atomic E-state index is -1.99. The van der Waals surface area contributed by atoms with Gasteiger partial charge in [0.2, 0.25) is 5.79 Å². The van der Waals surface area contributed by atoms with Gasteiger partial charge in [-0.1, -0.05) is 29.8 Å². The number of aryl methyl sites for hydroxylation is 1. The van der Waals surface area contributed by atoms with Crippen molar-refractivity contribution in [3.8, 4) is 0 Å². The van der Waals surface area contributed by atoms with Crippen molar-refractivity contribution >= 4 is 8.32 Å². The average Bonchev–Trinajstić information content (AvgIpc) is 2.13. The molecule has 0 heterocycles. The highest BCUT2D eigenvalue weighted by molar-refractivity contribution is 6.69. The molecule has 0 aliphatic carbocycles. The van der Waals surface area contributed by atoms with Crippen molar-refractivity contribution in [2.75, 3.05) is 0 Å². The Hall–Kier alpha value is -1.40. The summed E-state index contributed by atoms with van der Waals surface area (Å²) in [6, 6.07) is 7.34. The van der Waals surface area contributed by atoms with Crippen LogP contribution >= 0.6 is 0 Å². The summed E-state index contributed by atoms with van der Waals surface area (Å²) in [6.45, 7) is 9.42. The number of hydrogen-bond acceptors (Lipinski definition) is 4. The zero-order valence-corrected chi connectivity index (χ0v) is 12.4. The molecule has 0 bridgehead atoms. The summed E-state index contributed by atoms with van der Waals surface area (Å²) < 4.78 is 5.84. The van der Waals surface area contributed by atoms with E-state index in [1.807, 2.05) is 38.7 Å². The predicted octanol–water partition coefficient (Wildman–Crippen LogP) is 3.23. The molecule has 0 aliphatic rings. The van der Waals surface area contributed by atoms with Crippen molar-refractivity contribution in [1.29, 1.82) is 0 Å². The summed E-state index contributed by atoms with van der Waals surface area (Å²) in [7, 11) is -1.99. The molecular formula is C12H19NO4Si. The first-order valence-electron chi connectivity index (χ1n) is 5.73. The minimum Gasteiger partial charge on any atom is -0.388 e. The molecule has 0 spiro atoms. The second-order valence-corrected chi connectivity index (χ2v) is 9.77. The standard InChI is InChI=1S/C12H19NO4Si/c1-10-6-8-11(9-7-10)12(2,16-13(14)15)17-18(3,4)5/h6-9H,1-5H3. The molecule has 0 saturated carbocycles. The van der Waals surface area contributed by atoms with Gasteiger partial charge in [0.05, 0.1) is 0 Å². The first-order chi connectivity index (χ1) is 8.12. The van der Waals surface area contributed by atoms with Crippen LogP contribution in [0.25, 0.3) is 0 Å². The summed E-state index contributed by atoms with van der Waals surface area (Å²) in [5, 5.41) is 9.85. The second-order valence-electron chi connectivity index (χ2n) is 5.34. The maximum Gasteiger partial charge on any atom is 0.297 e. The molecule has 1 rings (SSSR count). The quantitative estimate of drug-likeness (QED) is 0.356. The van der Waals surface area contributed by atoms with Crippen LogP contribution in [0.5, 0.6) is 0 Å². The Morgan fingerprint density at radius 2 is 1.72 bits per heavy atom. The lowest BCUT2D eigenvalue weighted by Crippen LogP contribution is -2.41. The smallest absolute Gasteiger partial charge is 0.297 e. The van der Waals surface area contributed by atoms with Gasteiger partial charge in [-0.05, 0) is 33.5 Å². The fourth-order valence-corrected chi connectivity index (χ4v) is 3.04. The molecule has 18 heavy (non-hydrogen) atoms. The lowest BCUT2D eigenvalue weighted by molar-refractivity contribution is -0.796. The lowest BCUT2D eigenvalue weighted by atomic mass is 10.1. The van der Waals surface area contributed by atoms with E-state index in [9.17, 15) is 10.1 Å². The van der Waals surface area contributed by atoms with E-state index in [-0.39, 0.29) is 0 Å². The van der Waals surface area contributed by atoms with Crippen LogP contribution in [0, 0.1) is 17.0 Å². The highest BCUT2D eigenvalue weighted by Crippen LogP contribution is 2.30. The molecule has 0 N–H and O–H groups in total. The van der Waals surface area contributed by atoms with Crippen LogP contribution < -0.4 is 0 Å². The molecule has 1 aromatic carbocycles. The van der Waals surface area contributed by atoms with Crippen LogP contribution in [0.1, 0.15) is 18.1 Å². The van der Waals surface area contributed by atoms with Gasteiger partial charge in [-0.2, -0.15) is 0 Å². The second kappa shape index (κ2) is 5.07. The Kier molecular flexibility index (Phi) is 4.13. The first-order valence-corrected chi connectivity index (χ1v) is 9.14. The zero-order chi connectivity index (χ0) is 14.0. The van der Waals surface area contributed by atoms with E-state index in [2.05, 4.69) is 0 Å². The summed E-state index contributed by atoms with van der Waals surface area (Å²) in [5.74, 6) is -1.35. The fourth-order valence-electron chi connectivity index (χ4n) is 1.71. The molecule has 1 aromatic rings. The van der Waals surface area contributed by atoms with Crippen LogP contribution in [-0.2, 0) is 15.1 Å². The Morgan fingerprint density at radius 1 is 1.22 bits per heavy atom. The third-order valence-electron chi connectivity index (χ3n) is 2.33. The Labute approximate surface area is 108 Å². The molecule has 100 valence electrons. The van der Waals surface area contributed by atoms with Gasteiger partial charge >= 0.3 is 0 Å². The third-order valence-corrected chi connectivity index (χ3v) is 3.33. The van der Waals surface area contributed by atoms with Crippen LogP contribution in [0.4, 0.5) is 0 Å². The maximum atomic E-state index is 10.7. The van der Waals surface area contributed by atoms with Crippen LogP contribution in [0.2, 0.25) is 19.6 Å². The molecule has 1 atom stereocenters. The van der Waals surface area contributed by atoms with E-state index in [4.69, 9.17) is 9.26 Å². The van der Waals surface area contributed by atoms with Crippen LogP contribution in [0.3, 0.4) is 0 Å². The highest BCUT2D eigenvalue weighted by atomic mass is 28.4. The van der Waals surface area contributed by atoms with Gasteiger partial charge in [0.1, 0.15) is 0 Å². The van der Waals surface area contributed by atoms with E-state index in [1.54, 1.807) is 19.1 Å². The van der Waals surface area contributed by atoms with E-state index in [1.165, 1.54) is 0 Å². The molecule has 1 unspecified atom stereocenters. The first kappa shape index (κ1) is 14.7. The van der Waals surface area contributed by atoms with Gasteiger partial charge in [0, 0.05) is 5.56 Å². The molecular weight excluding hydrogens is 250 g/mol. The molecule has 0 aliphatic heterocycles. The minimum absolute atomic E-state index is 0.646. The molecule has 5 nitrogen and oxygen atoms in total. The Balaban J connectivity index is 3.11. The fraction of sp³-hybridized carbons (Fsp3) is 0.500. The summed E-state index contributed by atoms with van der Waals surface area (Å²) in [5.41, 5.74) is 1.72. The van der Waals surface area contributed by atoms with Gasteiger partial charge in [-0.25, -0.2) is 0 Å². The van der Waals surface area contributed by atoms with Crippen molar-refractivity contribution in [2.24, 2.45) is 0 Å². The van der Waals surface area contributed by atoms with E-state index in [0.29, 0.717) is 5.56 Å². The summed E-state index contributed by atoms with van der Waals surface area (Å²) >= 11 is 0. The molecule has 0 amide bonds. The molecule has 0 fully saturated rings. The normalized spacial score (nSPS) is 14.9. The van der Waals surface area contributed by atoms with Gasteiger partial charge in [-0.3, -0.25) is 4.84 Å². The molecule has 0 saturated heterocycles. The largest absolute Gasteiger partial charge is 0.388 e. The third kappa shape index (κ3) is 4.12. The Morgan fingerprint density at radius 3 is 2.11 bits per heavy atom. The van der Waals surface area contributed by atoms with Crippen LogP contribution in [0.15, 0.2) is 24.3 Å². The monoisotopic (exact) mass is 269 g/mol. The van der Waals surface area contributed by atoms with Gasteiger partial charge < -0.3 is 4.43 Å². The number of benzene rings is 1. The Bertz CT molecular complexity index is 427. The van der Waals surface area contributed by atoms with Crippen LogP contribution in [-0.4, -0.2) is 13.4 Å². The number of hydrogen-bond donors (Lipinski definition) is 0. The maximum absolute atomic E-state index is 10.7. The van der Waals surface area contributed by atoms with E-state index in [0.717, 1.165) is 5.56 Å². The van der Waals surface area contributed by atoms with E-state index >= 15 is 0 Å².